The second-order valence-electron chi connectivity index (χ2n) is 4.77. The Kier molecular flexibility index (Phi) is 3.26. The second kappa shape index (κ2) is 5.06. The van der Waals surface area contributed by atoms with Crippen molar-refractivity contribution in [3.05, 3.63) is 70.2 Å². The number of amides is 1. The molecule has 3 rings (SSSR count). The summed E-state index contributed by atoms with van der Waals surface area (Å²) in [6.07, 6.45) is 2.00. The summed E-state index contributed by atoms with van der Waals surface area (Å²) in [6.45, 7) is 0. The van der Waals surface area contributed by atoms with Gasteiger partial charge in [0.1, 0.15) is 0 Å². The minimum Gasteiger partial charge on any atom is -0.345 e. The third-order valence-electron chi connectivity index (χ3n) is 3.54. The van der Waals surface area contributed by atoms with Crippen LogP contribution in [0.4, 0.5) is 0 Å². The van der Waals surface area contributed by atoms with E-state index in [9.17, 15) is 4.79 Å². The molecule has 0 radical (unpaired) electrons. The van der Waals surface area contributed by atoms with Gasteiger partial charge in [0, 0.05) is 10.6 Å². The van der Waals surface area contributed by atoms with Gasteiger partial charge in [-0.3, -0.25) is 4.79 Å². The quantitative estimate of drug-likeness (QED) is 0.885. The number of carbonyl (C=O) groups excluding carboxylic acids is 1. The minimum absolute atomic E-state index is 0.0432. The van der Waals surface area contributed by atoms with E-state index >= 15 is 0 Å². The van der Waals surface area contributed by atoms with Crippen LogP contribution in [-0.4, -0.2) is 5.91 Å². The van der Waals surface area contributed by atoms with Crippen LogP contribution in [0.5, 0.6) is 0 Å². The van der Waals surface area contributed by atoms with Crippen LogP contribution in [0.2, 0.25) is 5.02 Å². The number of aryl methyl sites for hydroxylation is 1. The van der Waals surface area contributed by atoms with Crippen LogP contribution >= 0.6 is 11.6 Å². The first-order valence-electron chi connectivity index (χ1n) is 6.38. The molecule has 0 aromatic heterocycles. The summed E-state index contributed by atoms with van der Waals surface area (Å²) in [5.41, 5.74) is 3.22. The lowest BCUT2D eigenvalue weighted by molar-refractivity contribution is 0.0937. The summed E-state index contributed by atoms with van der Waals surface area (Å²) in [6, 6.07) is 15.4. The molecular formula is C16H14ClNO. The maximum Gasteiger partial charge on any atom is 0.251 e. The molecule has 96 valence electrons. The van der Waals surface area contributed by atoms with Gasteiger partial charge in [0.05, 0.1) is 6.04 Å². The van der Waals surface area contributed by atoms with Crippen LogP contribution in [0, 0.1) is 0 Å². The van der Waals surface area contributed by atoms with Gasteiger partial charge in [0.15, 0.2) is 0 Å². The number of hydrogen-bond acceptors (Lipinski definition) is 1. The van der Waals surface area contributed by atoms with E-state index in [4.69, 9.17) is 11.6 Å². The van der Waals surface area contributed by atoms with Gasteiger partial charge in [-0.2, -0.15) is 0 Å². The van der Waals surface area contributed by atoms with Gasteiger partial charge in [-0.05, 0) is 48.2 Å². The van der Waals surface area contributed by atoms with Crippen LogP contribution < -0.4 is 5.32 Å². The second-order valence-corrected chi connectivity index (χ2v) is 5.21. The average Bonchev–Trinajstić information content (AvgIpc) is 2.83. The van der Waals surface area contributed by atoms with Gasteiger partial charge < -0.3 is 5.32 Å². The Balaban J connectivity index is 1.76. The van der Waals surface area contributed by atoms with E-state index in [0.29, 0.717) is 10.6 Å². The van der Waals surface area contributed by atoms with Gasteiger partial charge in [-0.25, -0.2) is 0 Å². The highest BCUT2D eigenvalue weighted by Crippen LogP contribution is 2.30. The first kappa shape index (κ1) is 12.2. The molecule has 1 aliphatic rings. The fourth-order valence-electron chi connectivity index (χ4n) is 2.55. The molecule has 3 heteroatoms. The third-order valence-corrected chi connectivity index (χ3v) is 3.80. The fourth-order valence-corrected chi connectivity index (χ4v) is 2.68. The zero-order valence-corrected chi connectivity index (χ0v) is 11.2. The summed E-state index contributed by atoms with van der Waals surface area (Å²) in [4.78, 5) is 12.2. The lowest BCUT2D eigenvalue weighted by atomic mass is 10.1. The largest absolute Gasteiger partial charge is 0.345 e. The van der Waals surface area contributed by atoms with Crippen molar-refractivity contribution in [2.45, 2.75) is 18.9 Å². The Hall–Kier alpha value is -1.80. The third kappa shape index (κ3) is 2.49. The standard InChI is InChI=1S/C16H14ClNO/c17-13-8-5-12(6-9-13)16(19)18-15-10-7-11-3-1-2-4-14(11)15/h1-6,8-9,15H,7,10H2,(H,18,19)/t15-/m1/s1. The number of benzene rings is 2. The Morgan fingerprint density at radius 1 is 1.11 bits per heavy atom. The van der Waals surface area contributed by atoms with Crippen LogP contribution in [-0.2, 0) is 6.42 Å². The minimum atomic E-state index is -0.0432. The predicted molar refractivity (Wildman–Crippen MR) is 76.4 cm³/mol. The van der Waals surface area contributed by atoms with Crippen molar-refractivity contribution < 1.29 is 4.79 Å². The lowest BCUT2D eigenvalue weighted by Gasteiger charge is -2.14. The lowest BCUT2D eigenvalue weighted by Crippen LogP contribution is -2.27. The Bertz CT molecular complexity index is 606. The molecule has 1 amide bonds. The topological polar surface area (TPSA) is 29.1 Å². The van der Waals surface area contributed by atoms with E-state index in [2.05, 4.69) is 17.4 Å². The fraction of sp³-hybridized carbons (Fsp3) is 0.188. The molecule has 0 aliphatic heterocycles. The van der Waals surface area contributed by atoms with Crippen molar-refractivity contribution in [2.24, 2.45) is 0 Å². The van der Waals surface area contributed by atoms with Crippen molar-refractivity contribution >= 4 is 17.5 Å². The highest BCUT2D eigenvalue weighted by Gasteiger charge is 2.23. The smallest absolute Gasteiger partial charge is 0.251 e. The van der Waals surface area contributed by atoms with Gasteiger partial charge >= 0.3 is 0 Å². The Labute approximate surface area is 117 Å². The molecule has 2 nitrogen and oxygen atoms in total. The first-order chi connectivity index (χ1) is 9.24. The van der Waals surface area contributed by atoms with Crippen molar-refractivity contribution in [3.8, 4) is 0 Å². The van der Waals surface area contributed by atoms with Crippen molar-refractivity contribution in [2.75, 3.05) is 0 Å². The maximum absolute atomic E-state index is 12.2. The zero-order chi connectivity index (χ0) is 13.2. The summed E-state index contributed by atoms with van der Waals surface area (Å²) in [7, 11) is 0. The number of fused-ring (bicyclic) bond motifs is 1. The summed E-state index contributed by atoms with van der Waals surface area (Å²) < 4.78 is 0. The molecule has 0 heterocycles. The normalized spacial score (nSPS) is 17.0. The molecule has 0 bridgehead atoms. The molecular weight excluding hydrogens is 258 g/mol. The zero-order valence-electron chi connectivity index (χ0n) is 10.4. The summed E-state index contributed by atoms with van der Waals surface area (Å²) >= 11 is 5.82. The average molecular weight is 272 g/mol. The highest BCUT2D eigenvalue weighted by atomic mass is 35.5. The molecule has 1 atom stereocenters. The van der Waals surface area contributed by atoms with E-state index in [1.54, 1.807) is 24.3 Å². The Morgan fingerprint density at radius 2 is 1.84 bits per heavy atom. The molecule has 0 saturated carbocycles. The molecule has 19 heavy (non-hydrogen) atoms. The van der Waals surface area contributed by atoms with Gasteiger partial charge in [0.2, 0.25) is 0 Å². The van der Waals surface area contributed by atoms with Gasteiger partial charge in [-0.15, -0.1) is 0 Å². The summed E-state index contributed by atoms with van der Waals surface area (Å²) in [5.74, 6) is -0.0432. The number of rotatable bonds is 2. The summed E-state index contributed by atoms with van der Waals surface area (Å²) in [5, 5.41) is 3.73. The SMILES string of the molecule is O=C(N[C@@H]1CCc2ccccc21)c1ccc(Cl)cc1. The molecule has 0 spiro atoms. The van der Waals surface area contributed by atoms with Crippen LogP contribution in [0.15, 0.2) is 48.5 Å². The highest BCUT2D eigenvalue weighted by molar-refractivity contribution is 6.30. The molecule has 0 saturated heterocycles. The van der Waals surface area contributed by atoms with Crippen molar-refractivity contribution in [1.82, 2.24) is 5.32 Å². The molecule has 1 aliphatic carbocycles. The number of carbonyl (C=O) groups is 1. The number of hydrogen-bond donors (Lipinski definition) is 1. The van der Waals surface area contributed by atoms with E-state index in [1.165, 1.54) is 11.1 Å². The molecule has 0 unspecified atom stereocenters. The van der Waals surface area contributed by atoms with Crippen molar-refractivity contribution in [3.63, 3.8) is 0 Å². The molecule has 1 N–H and O–H groups in total. The Morgan fingerprint density at radius 3 is 2.63 bits per heavy atom. The van der Waals surface area contributed by atoms with E-state index in [-0.39, 0.29) is 11.9 Å². The molecule has 0 fully saturated rings. The van der Waals surface area contributed by atoms with Gasteiger partial charge in [-0.1, -0.05) is 35.9 Å². The van der Waals surface area contributed by atoms with Crippen LogP contribution in [0.1, 0.15) is 33.9 Å². The van der Waals surface area contributed by atoms with Crippen LogP contribution in [0.25, 0.3) is 0 Å². The molecule has 2 aromatic rings. The number of nitrogens with one attached hydrogen (secondary N) is 1. The van der Waals surface area contributed by atoms with Gasteiger partial charge in [0.25, 0.3) is 5.91 Å². The maximum atomic E-state index is 12.2. The number of halogens is 1. The monoisotopic (exact) mass is 271 g/mol. The predicted octanol–water partition coefficient (Wildman–Crippen LogP) is 3.76. The molecule has 2 aromatic carbocycles. The van der Waals surface area contributed by atoms with Crippen molar-refractivity contribution in [1.29, 1.82) is 0 Å². The first-order valence-corrected chi connectivity index (χ1v) is 6.76. The van der Waals surface area contributed by atoms with Crippen LogP contribution in [0.3, 0.4) is 0 Å². The van der Waals surface area contributed by atoms with E-state index in [1.807, 2.05) is 12.1 Å². The van der Waals surface area contributed by atoms with E-state index in [0.717, 1.165) is 12.8 Å². The van der Waals surface area contributed by atoms with E-state index < -0.39 is 0 Å².